The number of rotatable bonds is 7. The normalized spacial score (nSPS) is 13.0. The van der Waals surface area contributed by atoms with Crippen molar-refractivity contribution in [2.75, 3.05) is 13.3 Å². The molecule has 0 bridgehead atoms. The zero-order chi connectivity index (χ0) is 16.2. The van der Waals surface area contributed by atoms with E-state index in [4.69, 9.17) is 9.47 Å². The van der Waals surface area contributed by atoms with E-state index in [1.165, 1.54) is 0 Å². The summed E-state index contributed by atoms with van der Waals surface area (Å²) in [5.41, 5.74) is 0. The van der Waals surface area contributed by atoms with Gasteiger partial charge in [0.2, 0.25) is 6.79 Å². The molecule has 2 aromatic rings. The lowest BCUT2D eigenvalue weighted by Gasteiger charge is -2.11. The first kappa shape index (κ1) is 16.9. The number of ether oxygens (including phenoxy) is 2. The summed E-state index contributed by atoms with van der Waals surface area (Å²) in [5.74, 6) is 1.63. The van der Waals surface area contributed by atoms with Gasteiger partial charge in [0, 0.05) is 33.4 Å². The maximum absolute atomic E-state index is 5.47. The zero-order valence-electron chi connectivity index (χ0n) is 13.2. The van der Waals surface area contributed by atoms with E-state index in [1.54, 1.807) is 11.8 Å². The topological polar surface area (TPSA) is 48.3 Å². The van der Waals surface area contributed by atoms with Crippen molar-refractivity contribution in [3.8, 4) is 11.5 Å². The molecule has 0 saturated carbocycles. The fourth-order valence-corrected chi connectivity index (χ4v) is 3.96. The average molecular weight is 445 g/mol. The molecule has 0 aliphatic carbocycles. The summed E-state index contributed by atoms with van der Waals surface area (Å²) in [6.07, 6.45) is 4.98. The average Bonchev–Trinajstić information content (AvgIpc) is 3.13. The monoisotopic (exact) mass is 445 g/mol. The van der Waals surface area contributed by atoms with Gasteiger partial charge in [-0.15, -0.1) is 0 Å². The lowest BCUT2D eigenvalue weighted by atomic mass is 10.3. The molecule has 0 amide bonds. The van der Waals surface area contributed by atoms with E-state index < -0.39 is 0 Å². The number of nitrogens with zero attached hydrogens (tertiary/aromatic N) is 2. The summed E-state index contributed by atoms with van der Waals surface area (Å²) in [6, 6.07) is 4.58. The third-order valence-electron chi connectivity index (χ3n) is 3.43. The maximum Gasteiger partial charge on any atom is 0.231 e. The smallest absolute Gasteiger partial charge is 0.231 e. The predicted molar refractivity (Wildman–Crippen MR) is 99.4 cm³/mol. The minimum Gasteiger partial charge on any atom is -0.454 e. The van der Waals surface area contributed by atoms with E-state index >= 15 is 0 Å². The molecule has 0 unspecified atom stereocenters. The quantitative estimate of drug-likeness (QED) is 0.520. The van der Waals surface area contributed by atoms with Gasteiger partial charge in [0.05, 0.1) is 0 Å². The molecule has 1 aliphatic heterocycles. The number of hydrogen-bond donors (Lipinski definition) is 1. The number of halogens is 1. The van der Waals surface area contributed by atoms with Gasteiger partial charge in [-0.25, -0.2) is 4.98 Å². The molecule has 124 valence electrons. The van der Waals surface area contributed by atoms with Gasteiger partial charge in [0.25, 0.3) is 0 Å². The van der Waals surface area contributed by atoms with Crippen molar-refractivity contribution < 1.29 is 9.47 Å². The van der Waals surface area contributed by atoms with Crippen LogP contribution in [0.5, 0.6) is 11.5 Å². The Balaban J connectivity index is 1.66. The standard InChI is InChI=1S/C16H20IN3O2S/c1-11(2)18-4-3-6-20-7-5-19-16(20)23-15-9-14-13(8-12(15)17)21-10-22-14/h5,7-9,11,18H,3-4,6,10H2,1-2H3. The molecular weight excluding hydrogens is 425 g/mol. The lowest BCUT2D eigenvalue weighted by Crippen LogP contribution is -2.24. The summed E-state index contributed by atoms with van der Waals surface area (Å²) < 4.78 is 14.2. The Morgan fingerprint density at radius 2 is 2.13 bits per heavy atom. The Morgan fingerprint density at radius 1 is 1.35 bits per heavy atom. The first-order chi connectivity index (χ1) is 11.1. The molecule has 1 aliphatic rings. The van der Waals surface area contributed by atoms with Gasteiger partial charge in [0.15, 0.2) is 16.7 Å². The SMILES string of the molecule is CC(C)NCCCn1ccnc1Sc1cc2c(cc1I)OCO2. The second-order valence-electron chi connectivity index (χ2n) is 5.60. The second kappa shape index (κ2) is 7.76. The van der Waals surface area contributed by atoms with Crippen LogP contribution in [0.15, 0.2) is 34.6 Å². The molecule has 2 heterocycles. The third-order valence-corrected chi connectivity index (χ3v) is 5.77. The molecule has 5 nitrogen and oxygen atoms in total. The molecule has 3 rings (SSSR count). The van der Waals surface area contributed by atoms with E-state index in [9.17, 15) is 0 Å². The molecule has 0 fully saturated rings. The van der Waals surface area contributed by atoms with Crippen molar-refractivity contribution in [2.45, 2.75) is 42.9 Å². The summed E-state index contributed by atoms with van der Waals surface area (Å²) >= 11 is 4.00. The number of aryl methyl sites for hydroxylation is 1. The van der Waals surface area contributed by atoms with E-state index in [2.05, 4.69) is 51.3 Å². The van der Waals surface area contributed by atoms with Crippen LogP contribution in [0, 0.1) is 3.57 Å². The molecule has 0 saturated heterocycles. The van der Waals surface area contributed by atoms with Crippen LogP contribution in [0.1, 0.15) is 20.3 Å². The first-order valence-corrected chi connectivity index (χ1v) is 9.54. The Labute approximate surface area is 154 Å². The second-order valence-corrected chi connectivity index (χ2v) is 7.77. The van der Waals surface area contributed by atoms with Crippen LogP contribution >= 0.6 is 34.4 Å². The van der Waals surface area contributed by atoms with Gasteiger partial charge in [-0.3, -0.25) is 0 Å². The minimum atomic E-state index is 0.303. The van der Waals surface area contributed by atoms with E-state index in [-0.39, 0.29) is 0 Å². The number of imidazole rings is 1. The van der Waals surface area contributed by atoms with Gasteiger partial charge >= 0.3 is 0 Å². The molecule has 0 atom stereocenters. The van der Waals surface area contributed by atoms with Crippen molar-refractivity contribution in [3.63, 3.8) is 0 Å². The zero-order valence-corrected chi connectivity index (χ0v) is 16.2. The van der Waals surface area contributed by atoms with Crippen molar-refractivity contribution in [1.82, 2.24) is 14.9 Å². The Kier molecular flexibility index (Phi) is 5.71. The molecule has 1 aromatic carbocycles. The van der Waals surface area contributed by atoms with Crippen LogP contribution in [0.3, 0.4) is 0 Å². The van der Waals surface area contributed by atoms with Gasteiger partial charge in [-0.1, -0.05) is 25.6 Å². The van der Waals surface area contributed by atoms with Gasteiger partial charge in [0.1, 0.15) is 0 Å². The molecule has 0 spiro atoms. The van der Waals surface area contributed by atoms with Gasteiger partial charge < -0.3 is 19.4 Å². The third kappa shape index (κ3) is 4.33. The number of aromatic nitrogens is 2. The van der Waals surface area contributed by atoms with Crippen LogP contribution in [0.4, 0.5) is 0 Å². The van der Waals surface area contributed by atoms with E-state index in [1.807, 2.05) is 24.5 Å². The van der Waals surface area contributed by atoms with Crippen molar-refractivity contribution >= 4 is 34.4 Å². The largest absolute Gasteiger partial charge is 0.454 e. The summed E-state index contributed by atoms with van der Waals surface area (Å²) in [7, 11) is 0. The molecule has 0 radical (unpaired) electrons. The van der Waals surface area contributed by atoms with E-state index in [0.29, 0.717) is 12.8 Å². The Bertz CT molecular complexity index is 675. The highest BCUT2D eigenvalue weighted by Crippen LogP contribution is 2.40. The molecule has 1 aromatic heterocycles. The van der Waals surface area contributed by atoms with Crippen LogP contribution in [0.2, 0.25) is 0 Å². The molecule has 7 heteroatoms. The predicted octanol–water partition coefficient (Wildman–Crippen LogP) is 3.76. The number of nitrogens with one attached hydrogen (secondary N) is 1. The summed E-state index contributed by atoms with van der Waals surface area (Å²) in [6.45, 7) is 6.61. The molecule has 1 N–H and O–H groups in total. The molecule has 23 heavy (non-hydrogen) atoms. The fraction of sp³-hybridized carbons (Fsp3) is 0.438. The highest BCUT2D eigenvalue weighted by Gasteiger charge is 2.18. The van der Waals surface area contributed by atoms with Crippen molar-refractivity contribution in [1.29, 1.82) is 0 Å². The summed E-state index contributed by atoms with van der Waals surface area (Å²) in [5, 5.41) is 4.45. The number of fused-ring (bicyclic) bond motifs is 1. The van der Waals surface area contributed by atoms with Crippen LogP contribution in [0.25, 0.3) is 0 Å². The van der Waals surface area contributed by atoms with E-state index in [0.717, 1.165) is 44.6 Å². The van der Waals surface area contributed by atoms with Crippen molar-refractivity contribution in [3.05, 3.63) is 28.1 Å². The first-order valence-electron chi connectivity index (χ1n) is 7.65. The fourth-order valence-electron chi connectivity index (χ4n) is 2.29. The Morgan fingerprint density at radius 3 is 2.91 bits per heavy atom. The number of benzene rings is 1. The Hall–Kier alpha value is -0.930. The number of hydrogen-bond acceptors (Lipinski definition) is 5. The van der Waals surface area contributed by atoms with Gasteiger partial charge in [-0.05, 0) is 47.7 Å². The van der Waals surface area contributed by atoms with Crippen LogP contribution in [-0.4, -0.2) is 28.9 Å². The maximum atomic E-state index is 5.47. The van der Waals surface area contributed by atoms with Gasteiger partial charge in [-0.2, -0.15) is 0 Å². The highest BCUT2D eigenvalue weighted by molar-refractivity contribution is 14.1. The van der Waals surface area contributed by atoms with Crippen LogP contribution in [-0.2, 0) is 6.54 Å². The minimum absolute atomic E-state index is 0.303. The highest BCUT2D eigenvalue weighted by atomic mass is 127. The summed E-state index contributed by atoms with van der Waals surface area (Å²) in [4.78, 5) is 5.63. The lowest BCUT2D eigenvalue weighted by molar-refractivity contribution is 0.174. The molecular formula is C16H20IN3O2S. The van der Waals surface area contributed by atoms with Crippen molar-refractivity contribution in [2.24, 2.45) is 0 Å². The van der Waals surface area contributed by atoms with Crippen LogP contribution < -0.4 is 14.8 Å².